The van der Waals surface area contributed by atoms with E-state index in [0.717, 1.165) is 50.4 Å². The second kappa shape index (κ2) is 6.96. The minimum Gasteiger partial charge on any atom is -0.335 e. The standard InChI is InChI=1S/C19H31N5O/c1-2-7-16-21-17(23-22-16)15-12-24(13-19(15)10-6-11-19)18(25)20-14-8-4-3-5-9-14/h14-15H,2-13H2,1H3,(H,20,25)(H,21,22,23). The van der Waals surface area contributed by atoms with Gasteiger partial charge in [0.2, 0.25) is 0 Å². The summed E-state index contributed by atoms with van der Waals surface area (Å²) in [6.07, 6.45) is 11.7. The average molecular weight is 345 g/mol. The van der Waals surface area contributed by atoms with Gasteiger partial charge in [-0.15, -0.1) is 0 Å². The fourth-order valence-corrected chi connectivity index (χ4v) is 4.94. The molecule has 1 spiro atoms. The van der Waals surface area contributed by atoms with Crippen LogP contribution in [0.25, 0.3) is 0 Å². The monoisotopic (exact) mass is 345 g/mol. The second-order valence-corrected chi connectivity index (χ2v) is 8.32. The van der Waals surface area contributed by atoms with Gasteiger partial charge < -0.3 is 10.2 Å². The molecule has 6 nitrogen and oxygen atoms in total. The highest BCUT2D eigenvalue weighted by molar-refractivity contribution is 5.75. The molecule has 2 N–H and O–H groups in total. The number of urea groups is 1. The summed E-state index contributed by atoms with van der Waals surface area (Å²) in [5.41, 5.74) is 0.218. The maximum absolute atomic E-state index is 12.8. The van der Waals surface area contributed by atoms with Crippen molar-refractivity contribution < 1.29 is 4.79 Å². The normalized spacial score (nSPS) is 26.0. The minimum atomic E-state index is 0.130. The summed E-state index contributed by atoms with van der Waals surface area (Å²) < 4.78 is 0. The van der Waals surface area contributed by atoms with Crippen molar-refractivity contribution in [3.05, 3.63) is 11.6 Å². The smallest absolute Gasteiger partial charge is 0.317 e. The van der Waals surface area contributed by atoms with Crippen LogP contribution in [0.4, 0.5) is 4.79 Å². The van der Waals surface area contributed by atoms with Crippen molar-refractivity contribution in [1.29, 1.82) is 0 Å². The van der Waals surface area contributed by atoms with Crippen LogP contribution in [-0.2, 0) is 6.42 Å². The van der Waals surface area contributed by atoms with Crippen molar-refractivity contribution in [1.82, 2.24) is 25.4 Å². The minimum absolute atomic E-state index is 0.130. The Labute approximate surface area is 150 Å². The first-order valence-corrected chi connectivity index (χ1v) is 10.2. The van der Waals surface area contributed by atoms with Gasteiger partial charge in [0.25, 0.3) is 0 Å². The molecule has 4 rings (SSSR count). The molecule has 1 unspecified atom stereocenters. The lowest BCUT2D eigenvalue weighted by atomic mass is 9.62. The van der Waals surface area contributed by atoms with Crippen LogP contribution in [0.2, 0.25) is 0 Å². The van der Waals surface area contributed by atoms with Crippen LogP contribution in [0.5, 0.6) is 0 Å². The van der Waals surface area contributed by atoms with E-state index in [0.29, 0.717) is 12.0 Å². The number of hydrogen-bond donors (Lipinski definition) is 2. The van der Waals surface area contributed by atoms with E-state index < -0.39 is 0 Å². The quantitative estimate of drug-likeness (QED) is 0.878. The molecule has 1 saturated heterocycles. The highest BCUT2D eigenvalue weighted by atomic mass is 16.2. The third-order valence-corrected chi connectivity index (χ3v) is 6.56. The molecule has 2 saturated carbocycles. The highest BCUT2D eigenvalue weighted by Crippen LogP contribution is 2.55. The zero-order valence-electron chi connectivity index (χ0n) is 15.4. The lowest BCUT2D eigenvalue weighted by Crippen LogP contribution is -2.45. The van der Waals surface area contributed by atoms with Gasteiger partial charge in [-0.3, -0.25) is 5.10 Å². The third kappa shape index (κ3) is 3.27. The van der Waals surface area contributed by atoms with Gasteiger partial charge in [-0.05, 0) is 37.5 Å². The Bertz CT molecular complexity index is 603. The number of rotatable bonds is 4. The summed E-state index contributed by atoms with van der Waals surface area (Å²) >= 11 is 0. The fourth-order valence-electron chi connectivity index (χ4n) is 4.94. The lowest BCUT2D eigenvalue weighted by Gasteiger charge is -2.41. The van der Waals surface area contributed by atoms with Gasteiger partial charge in [0.05, 0.1) is 0 Å². The van der Waals surface area contributed by atoms with Crippen molar-refractivity contribution in [2.75, 3.05) is 13.1 Å². The summed E-state index contributed by atoms with van der Waals surface area (Å²) in [6.45, 7) is 3.79. The maximum Gasteiger partial charge on any atom is 0.317 e. The van der Waals surface area contributed by atoms with E-state index >= 15 is 0 Å². The van der Waals surface area contributed by atoms with Crippen LogP contribution >= 0.6 is 0 Å². The molecule has 1 aliphatic heterocycles. The number of carbonyl (C=O) groups excluding carboxylic acids is 1. The molecule has 2 amide bonds. The van der Waals surface area contributed by atoms with Crippen molar-refractivity contribution in [2.45, 2.75) is 83.1 Å². The SMILES string of the molecule is CCCc1nc(C2CN(C(=O)NC3CCCCC3)CC23CCC3)n[nH]1. The number of aryl methyl sites for hydroxylation is 1. The predicted molar refractivity (Wildman–Crippen MR) is 96.4 cm³/mol. The number of carbonyl (C=O) groups is 1. The third-order valence-electron chi connectivity index (χ3n) is 6.56. The summed E-state index contributed by atoms with van der Waals surface area (Å²) in [5.74, 6) is 2.20. The summed E-state index contributed by atoms with van der Waals surface area (Å²) in [4.78, 5) is 19.6. The summed E-state index contributed by atoms with van der Waals surface area (Å²) in [5, 5.41) is 10.9. The van der Waals surface area contributed by atoms with Gasteiger partial charge in [0.15, 0.2) is 5.82 Å². The zero-order valence-corrected chi connectivity index (χ0v) is 15.4. The van der Waals surface area contributed by atoms with Crippen molar-refractivity contribution in [3.63, 3.8) is 0 Å². The van der Waals surface area contributed by atoms with Crippen LogP contribution in [0.15, 0.2) is 0 Å². The Morgan fingerprint density at radius 1 is 1.28 bits per heavy atom. The molecule has 6 heteroatoms. The molecule has 0 radical (unpaired) electrons. The topological polar surface area (TPSA) is 73.9 Å². The molecule has 2 heterocycles. The molecular weight excluding hydrogens is 314 g/mol. The number of aromatic nitrogens is 3. The number of H-pyrrole nitrogens is 1. The molecular formula is C19H31N5O. The molecule has 1 aromatic rings. The number of nitrogens with one attached hydrogen (secondary N) is 2. The van der Waals surface area contributed by atoms with E-state index in [4.69, 9.17) is 4.98 Å². The zero-order chi connectivity index (χ0) is 17.3. The molecule has 1 atom stereocenters. The number of hydrogen-bond acceptors (Lipinski definition) is 3. The van der Waals surface area contributed by atoms with Crippen LogP contribution in [0.1, 0.15) is 82.3 Å². The van der Waals surface area contributed by atoms with Gasteiger partial charge in [0, 0.05) is 31.5 Å². The molecule has 25 heavy (non-hydrogen) atoms. The molecule has 0 aromatic carbocycles. The van der Waals surface area contributed by atoms with Gasteiger partial charge in [0.1, 0.15) is 5.82 Å². The van der Waals surface area contributed by atoms with Crippen LogP contribution in [0.3, 0.4) is 0 Å². The fraction of sp³-hybridized carbons (Fsp3) is 0.842. The number of aromatic amines is 1. The van der Waals surface area contributed by atoms with E-state index in [2.05, 4.69) is 22.4 Å². The number of amides is 2. The van der Waals surface area contributed by atoms with Gasteiger partial charge in [-0.2, -0.15) is 5.10 Å². The Morgan fingerprint density at radius 2 is 2.08 bits per heavy atom. The molecule has 138 valence electrons. The van der Waals surface area contributed by atoms with Crippen LogP contribution < -0.4 is 5.32 Å². The van der Waals surface area contributed by atoms with Gasteiger partial charge >= 0.3 is 6.03 Å². The summed E-state index contributed by atoms with van der Waals surface area (Å²) in [6, 6.07) is 0.502. The first-order valence-electron chi connectivity index (χ1n) is 10.2. The van der Waals surface area contributed by atoms with E-state index in [-0.39, 0.29) is 11.4 Å². The van der Waals surface area contributed by atoms with Gasteiger partial charge in [-0.25, -0.2) is 9.78 Å². The highest BCUT2D eigenvalue weighted by Gasteiger charge is 2.53. The van der Waals surface area contributed by atoms with Crippen molar-refractivity contribution >= 4 is 6.03 Å². The van der Waals surface area contributed by atoms with E-state index in [1.807, 2.05) is 4.90 Å². The summed E-state index contributed by atoms with van der Waals surface area (Å²) in [7, 11) is 0. The molecule has 0 bridgehead atoms. The number of nitrogens with zero attached hydrogens (tertiary/aromatic N) is 3. The number of likely N-dealkylation sites (tertiary alicyclic amines) is 1. The Hall–Kier alpha value is -1.59. The van der Waals surface area contributed by atoms with Crippen LogP contribution in [0, 0.1) is 5.41 Å². The van der Waals surface area contributed by atoms with E-state index in [1.165, 1.54) is 38.5 Å². The predicted octanol–water partition coefficient (Wildman–Crippen LogP) is 3.37. The van der Waals surface area contributed by atoms with Crippen molar-refractivity contribution in [3.8, 4) is 0 Å². The van der Waals surface area contributed by atoms with Crippen LogP contribution in [-0.4, -0.2) is 45.2 Å². The van der Waals surface area contributed by atoms with Crippen molar-refractivity contribution in [2.24, 2.45) is 5.41 Å². The molecule has 3 aliphatic rings. The van der Waals surface area contributed by atoms with E-state index in [9.17, 15) is 4.79 Å². The van der Waals surface area contributed by atoms with E-state index in [1.54, 1.807) is 0 Å². The Kier molecular flexibility index (Phi) is 4.69. The Balaban J connectivity index is 1.44. The lowest BCUT2D eigenvalue weighted by molar-refractivity contribution is 0.120. The first kappa shape index (κ1) is 16.9. The molecule has 2 aliphatic carbocycles. The average Bonchev–Trinajstić information content (AvgIpc) is 3.20. The van der Waals surface area contributed by atoms with Gasteiger partial charge in [-0.1, -0.05) is 32.6 Å². The second-order valence-electron chi connectivity index (χ2n) is 8.32. The largest absolute Gasteiger partial charge is 0.335 e. The molecule has 3 fully saturated rings. The molecule has 1 aromatic heterocycles. The Morgan fingerprint density at radius 3 is 2.76 bits per heavy atom. The maximum atomic E-state index is 12.8. The first-order chi connectivity index (χ1) is 12.2.